The Balaban J connectivity index is 1.61. The van der Waals surface area contributed by atoms with Crippen LogP contribution in [0.2, 0.25) is 0 Å². The molecule has 0 aliphatic heterocycles. The van der Waals surface area contributed by atoms with Crippen LogP contribution in [0, 0.1) is 56.7 Å². The van der Waals surface area contributed by atoms with Gasteiger partial charge >= 0.3 is 5.97 Å². The summed E-state index contributed by atoms with van der Waals surface area (Å²) in [6.45, 7) is 16.4. The van der Waals surface area contributed by atoms with E-state index in [0.29, 0.717) is 29.6 Å². The summed E-state index contributed by atoms with van der Waals surface area (Å²) >= 11 is 0. The molecule has 0 heterocycles. The average molecular weight is 473 g/mol. The predicted molar refractivity (Wildman–Crippen MR) is 134 cm³/mol. The summed E-state index contributed by atoms with van der Waals surface area (Å²) in [6.07, 6.45) is 8.83. The van der Waals surface area contributed by atoms with E-state index in [1.165, 1.54) is 25.7 Å². The number of aliphatic hydroxyl groups is 2. The van der Waals surface area contributed by atoms with Gasteiger partial charge in [0.1, 0.15) is 0 Å². The SMILES string of the molecule is C[C@@H]1CC[C@]2(C)CC[C@]3(C)C(=CCC4[C@@]5(C)C[C@@H](O)[C@@H](O)[C@](C)(C(=O)O)C5CC[C@]43C)C2[C@H]1C. The summed E-state index contributed by atoms with van der Waals surface area (Å²) in [4.78, 5) is 12.5. The number of carboxylic acids is 1. The van der Waals surface area contributed by atoms with Crippen LogP contribution in [0.3, 0.4) is 0 Å². The molecule has 0 radical (unpaired) electrons. The first-order valence-electron chi connectivity index (χ1n) is 14.0. The molecule has 0 aromatic carbocycles. The van der Waals surface area contributed by atoms with Gasteiger partial charge < -0.3 is 15.3 Å². The largest absolute Gasteiger partial charge is 0.481 e. The van der Waals surface area contributed by atoms with Crippen LogP contribution >= 0.6 is 0 Å². The molecule has 34 heavy (non-hydrogen) atoms. The lowest BCUT2D eigenvalue weighted by atomic mass is 9.33. The molecule has 0 amide bonds. The van der Waals surface area contributed by atoms with Gasteiger partial charge in [-0.25, -0.2) is 0 Å². The lowest BCUT2D eigenvalue weighted by Gasteiger charge is -2.71. The van der Waals surface area contributed by atoms with Gasteiger partial charge in [-0.15, -0.1) is 0 Å². The summed E-state index contributed by atoms with van der Waals surface area (Å²) < 4.78 is 0. The van der Waals surface area contributed by atoms with Crippen molar-refractivity contribution in [3.05, 3.63) is 11.6 Å². The van der Waals surface area contributed by atoms with Crippen molar-refractivity contribution >= 4 is 5.97 Å². The molecule has 0 bridgehead atoms. The van der Waals surface area contributed by atoms with E-state index < -0.39 is 23.6 Å². The van der Waals surface area contributed by atoms with Crippen molar-refractivity contribution in [2.45, 2.75) is 112 Å². The van der Waals surface area contributed by atoms with Crippen LogP contribution < -0.4 is 0 Å². The Morgan fingerprint density at radius 2 is 1.62 bits per heavy atom. The van der Waals surface area contributed by atoms with Crippen molar-refractivity contribution in [3.63, 3.8) is 0 Å². The molecule has 0 aromatic heterocycles. The van der Waals surface area contributed by atoms with Gasteiger partial charge in [0.2, 0.25) is 0 Å². The summed E-state index contributed by atoms with van der Waals surface area (Å²) in [5.74, 6) is 1.31. The number of carbonyl (C=O) groups is 1. The number of hydrogen-bond acceptors (Lipinski definition) is 3. The molecule has 4 nitrogen and oxygen atoms in total. The Morgan fingerprint density at radius 1 is 0.941 bits per heavy atom. The number of allylic oxidation sites excluding steroid dienone is 2. The number of rotatable bonds is 1. The van der Waals surface area contributed by atoms with Crippen molar-refractivity contribution in [1.82, 2.24) is 0 Å². The Hall–Kier alpha value is -0.870. The molecular weight excluding hydrogens is 424 g/mol. The smallest absolute Gasteiger partial charge is 0.312 e. The Bertz CT molecular complexity index is 911. The van der Waals surface area contributed by atoms with E-state index in [-0.39, 0.29) is 22.2 Å². The van der Waals surface area contributed by atoms with Crippen molar-refractivity contribution in [2.24, 2.45) is 56.7 Å². The van der Waals surface area contributed by atoms with Crippen molar-refractivity contribution in [1.29, 1.82) is 0 Å². The minimum atomic E-state index is -1.31. The van der Waals surface area contributed by atoms with Crippen LogP contribution in [0.25, 0.3) is 0 Å². The molecule has 0 saturated heterocycles. The molecule has 192 valence electrons. The van der Waals surface area contributed by atoms with Crippen LogP contribution in [0.5, 0.6) is 0 Å². The fourth-order valence-corrected chi connectivity index (χ4v) is 10.9. The monoisotopic (exact) mass is 472 g/mol. The predicted octanol–water partition coefficient (Wildman–Crippen LogP) is 6.06. The van der Waals surface area contributed by atoms with Gasteiger partial charge in [0.25, 0.3) is 0 Å². The highest BCUT2D eigenvalue weighted by Gasteiger charge is 2.71. The average Bonchev–Trinajstić information content (AvgIpc) is 2.76. The van der Waals surface area contributed by atoms with Gasteiger partial charge in [0.05, 0.1) is 17.6 Å². The van der Waals surface area contributed by atoms with E-state index in [4.69, 9.17) is 0 Å². The van der Waals surface area contributed by atoms with Crippen LogP contribution in [-0.4, -0.2) is 33.5 Å². The number of aliphatic hydroxyl groups excluding tert-OH is 2. The second kappa shape index (κ2) is 7.34. The van der Waals surface area contributed by atoms with E-state index >= 15 is 0 Å². The minimum Gasteiger partial charge on any atom is -0.481 e. The highest BCUT2D eigenvalue weighted by molar-refractivity contribution is 5.76. The van der Waals surface area contributed by atoms with Crippen LogP contribution in [0.1, 0.15) is 99.8 Å². The highest BCUT2D eigenvalue weighted by Crippen LogP contribution is 2.75. The first kappa shape index (κ1) is 24.8. The lowest BCUT2D eigenvalue weighted by molar-refractivity contribution is -0.239. The quantitative estimate of drug-likeness (QED) is 0.405. The number of aliphatic carboxylic acids is 1. The van der Waals surface area contributed by atoms with Crippen molar-refractivity contribution < 1.29 is 20.1 Å². The number of hydrogen-bond donors (Lipinski definition) is 3. The molecule has 5 aliphatic rings. The zero-order chi connectivity index (χ0) is 25.1. The fourth-order valence-electron chi connectivity index (χ4n) is 10.9. The third-order valence-corrected chi connectivity index (χ3v) is 13.5. The second-order valence-corrected chi connectivity index (χ2v) is 14.6. The van der Waals surface area contributed by atoms with Gasteiger partial charge in [-0.05, 0) is 110 Å². The summed E-state index contributed by atoms with van der Waals surface area (Å²) in [5.41, 5.74) is 0.672. The van der Waals surface area contributed by atoms with E-state index in [0.717, 1.165) is 25.2 Å². The highest BCUT2D eigenvalue weighted by atomic mass is 16.4. The normalized spacial score (nSPS) is 59.1. The number of carboxylic acid groups (broad SMARTS) is 1. The first-order valence-corrected chi connectivity index (χ1v) is 14.0. The molecule has 0 spiro atoms. The maximum Gasteiger partial charge on any atom is 0.312 e. The standard InChI is InChI=1S/C30H48O4/c1-17-10-12-26(3)14-15-28(5)19(23(26)18(17)2)8-9-21-27(4)16-20(31)24(32)30(7,25(33)34)22(27)11-13-29(21,28)6/h8,17-18,20-24,31-32H,9-16H2,1-7H3,(H,33,34)/t17-,18+,20-,21?,22?,23?,24-,26-,27-,28-,29-,30-/m1/s1. The Kier molecular flexibility index (Phi) is 5.36. The van der Waals surface area contributed by atoms with Gasteiger partial charge in [-0.1, -0.05) is 53.2 Å². The fraction of sp³-hybridized carbons (Fsp3) is 0.900. The zero-order valence-corrected chi connectivity index (χ0v) is 22.5. The Morgan fingerprint density at radius 3 is 2.26 bits per heavy atom. The lowest BCUT2D eigenvalue weighted by Crippen LogP contribution is -2.68. The maximum atomic E-state index is 12.5. The molecule has 0 aromatic rings. The molecule has 3 N–H and O–H groups in total. The zero-order valence-electron chi connectivity index (χ0n) is 22.5. The molecule has 4 heteroatoms. The molecule has 5 rings (SSSR count). The molecule has 12 atom stereocenters. The van der Waals surface area contributed by atoms with Gasteiger partial charge in [-0.2, -0.15) is 0 Å². The summed E-state index contributed by atoms with van der Waals surface area (Å²) in [6, 6.07) is 0. The third-order valence-electron chi connectivity index (χ3n) is 13.5. The molecular formula is C30H48O4. The van der Waals surface area contributed by atoms with E-state index in [9.17, 15) is 20.1 Å². The van der Waals surface area contributed by atoms with E-state index in [2.05, 4.69) is 47.6 Å². The topological polar surface area (TPSA) is 77.8 Å². The van der Waals surface area contributed by atoms with E-state index in [1.54, 1.807) is 12.5 Å². The van der Waals surface area contributed by atoms with E-state index in [1.807, 2.05) is 0 Å². The Labute approximate surface area is 206 Å². The van der Waals surface area contributed by atoms with Crippen molar-refractivity contribution in [2.75, 3.05) is 0 Å². The van der Waals surface area contributed by atoms with Crippen LogP contribution in [-0.2, 0) is 4.79 Å². The maximum absolute atomic E-state index is 12.5. The number of fused-ring (bicyclic) bond motifs is 7. The van der Waals surface area contributed by atoms with Crippen molar-refractivity contribution in [3.8, 4) is 0 Å². The van der Waals surface area contributed by atoms with Crippen LogP contribution in [0.15, 0.2) is 11.6 Å². The third kappa shape index (κ3) is 2.76. The van der Waals surface area contributed by atoms with Crippen LogP contribution in [0.4, 0.5) is 0 Å². The summed E-state index contributed by atoms with van der Waals surface area (Å²) in [7, 11) is 0. The molecule has 3 unspecified atom stereocenters. The van der Waals surface area contributed by atoms with Gasteiger partial charge in [0.15, 0.2) is 0 Å². The summed E-state index contributed by atoms with van der Waals surface area (Å²) in [5, 5.41) is 32.1. The van der Waals surface area contributed by atoms with Gasteiger partial charge in [0, 0.05) is 0 Å². The first-order chi connectivity index (χ1) is 15.7. The molecule has 4 fully saturated rings. The van der Waals surface area contributed by atoms with Gasteiger partial charge in [-0.3, -0.25) is 4.79 Å². The molecule has 4 saturated carbocycles. The second-order valence-electron chi connectivity index (χ2n) is 14.6. The minimum absolute atomic E-state index is 0.0749. The molecule has 5 aliphatic carbocycles.